The summed E-state index contributed by atoms with van der Waals surface area (Å²) in [5.74, 6) is -0.192. The van der Waals surface area contributed by atoms with E-state index in [0.29, 0.717) is 16.3 Å². The highest BCUT2D eigenvalue weighted by atomic mass is 79.9. The zero-order chi connectivity index (χ0) is 11.5. The number of ketones is 1. The molecule has 0 radical (unpaired) electrons. The Morgan fingerprint density at radius 1 is 1.31 bits per heavy atom. The minimum absolute atomic E-state index is 0.192. The van der Waals surface area contributed by atoms with Crippen molar-refractivity contribution in [1.82, 2.24) is 9.97 Å². The van der Waals surface area contributed by atoms with Crippen molar-refractivity contribution in [3.63, 3.8) is 0 Å². The van der Waals surface area contributed by atoms with Crippen LogP contribution in [0.1, 0.15) is 16.1 Å². The van der Waals surface area contributed by atoms with Gasteiger partial charge in [0.25, 0.3) is 0 Å². The van der Waals surface area contributed by atoms with E-state index in [1.165, 1.54) is 18.6 Å². The van der Waals surface area contributed by atoms with Gasteiger partial charge in [-0.25, -0.2) is 4.98 Å². The predicted octanol–water partition coefficient (Wildman–Crippen LogP) is 3.12. The van der Waals surface area contributed by atoms with Crippen molar-refractivity contribution in [2.45, 2.75) is 0 Å². The van der Waals surface area contributed by atoms with E-state index in [2.05, 4.69) is 25.9 Å². The van der Waals surface area contributed by atoms with Crippen molar-refractivity contribution in [1.29, 1.82) is 0 Å². The Labute approximate surface area is 106 Å². The van der Waals surface area contributed by atoms with Gasteiger partial charge in [-0.2, -0.15) is 0 Å². The second-order valence-electron chi connectivity index (χ2n) is 3.05. The number of aromatic nitrogens is 2. The van der Waals surface area contributed by atoms with Gasteiger partial charge in [-0.1, -0.05) is 11.6 Å². The molecule has 0 atom stereocenters. The number of carbonyl (C=O) groups is 1. The molecule has 1 heterocycles. The summed E-state index contributed by atoms with van der Waals surface area (Å²) in [7, 11) is 0. The maximum atomic E-state index is 11.9. The average molecular weight is 298 g/mol. The summed E-state index contributed by atoms with van der Waals surface area (Å²) in [6.45, 7) is 0. The van der Waals surface area contributed by atoms with Gasteiger partial charge in [-0.3, -0.25) is 9.78 Å². The molecule has 3 nitrogen and oxygen atoms in total. The highest BCUT2D eigenvalue weighted by molar-refractivity contribution is 9.10. The highest BCUT2D eigenvalue weighted by Gasteiger charge is 2.11. The SMILES string of the molecule is O=C(c1ccc(Br)c(Cl)c1)c1cnccn1. The van der Waals surface area contributed by atoms with Gasteiger partial charge in [0, 0.05) is 22.4 Å². The first kappa shape index (κ1) is 11.2. The van der Waals surface area contributed by atoms with Crippen LogP contribution in [0.2, 0.25) is 5.02 Å². The Balaban J connectivity index is 2.39. The van der Waals surface area contributed by atoms with Crippen molar-refractivity contribution < 1.29 is 4.79 Å². The number of benzene rings is 1. The summed E-state index contributed by atoms with van der Waals surface area (Å²) >= 11 is 9.17. The van der Waals surface area contributed by atoms with Crippen LogP contribution in [0.5, 0.6) is 0 Å². The maximum Gasteiger partial charge on any atom is 0.212 e. The molecule has 0 aliphatic heterocycles. The van der Waals surface area contributed by atoms with Crippen molar-refractivity contribution in [2.75, 3.05) is 0 Å². The fourth-order valence-electron chi connectivity index (χ4n) is 1.20. The first-order chi connectivity index (χ1) is 7.68. The fourth-order valence-corrected chi connectivity index (χ4v) is 1.63. The maximum absolute atomic E-state index is 11.9. The van der Waals surface area contributed by atoms with E-state index < -0.39 is 0 Å². The second kappa shape index (κ2) is 4.72. The third-order valence-corrected chi connectivity index (χ3v) is 3.21. The van der Waals surface area contributed by atoms with Gasteiger partial charge in [-0.05, 0) is 34.1 Å². The van der Waals surface area contributed by atoms with E-state index in [1.54, 1.807) is 18.2 Å². The van der Waals surface area contributed by atoms with Crippen molar-refractivity contribution >= 4 is 33.3 Å². The minimum atomic E-state index is -0.192. The highest BCUT2D eigenvalue weighted by Crippen LogP contribution is 2.23. The third-order valence-electron chi connectivity index (χ3n) is 1.98. The van der Waals surface area contributed by atoms with Crippen LogP contribution in [0.25, 0.3) is 0 Å². The fraction of sp³-hybridized carbons (Fsp3) is 0. The van der Waals surface area contributed by atoms with E-state index in [0.717, 1.165) is 4.47 Å². The molecule has 16 heavy (non-hydrogen) atoms. The Hall–Kier alpha value is -1.26. The monoisotopic (exact) mass is 296 g/mol. The number of halogens is 2. The number of hydrogen-bond acceptors (Lipinski definition) is 3. The molecule has 0 amide bonds. The second-order valence-corrected chi connectivity index (χ2v) is 4.31. The summed E-state index contributed by atoms with van der Waals surface area (Å²) in [6.07, 6.45) is 4.43. The summed E-state index contributed by atoms with van der Waals surface area (Å²) in [5.41, 5.74) is 0.801. The molecule has 0 saturated heterocycles. The van der Waals surface area contributed by atoms with Gasteiger partial charge in [-0.15, -0.1) is 0 Å². The number of carbonyl (C=O) groups excluding carboxylic acids is 1. The number of nitrogens with zero attached hydrogens (tertiary/aromatic N) is 2. The van der Waals surface area contributed by atoms with Crippen LogP contribution < -0.4 is 0 Å². The lowest BCUT2D eigenvalue weighted by atomic mass is 10.1. The topological polar surface area (TPSA) is 42.9 Å². The zero-order valence-corrected chi connectivity index (χ0v) is 10.4. The average Bonchev–Trinajstić information content (AvgIpc) is 2.33. The number of hydrogen-bond donors (Lipinski definition) is 0. The first-order valence-electron chi connectivity index (χ1n) is 4.44. The largest absolute Gasteiger partial charge is 0.287 e. The molecular weight excluding hydrogens is 291 g/mol. The summed E-state index contributed by atoms with van der Waals surface area (Å²) in [4.78, 5) is 19.7. The van der Waals surface area contributed by atoms with Crippen LogP contribution in [-0.4, -0.2) is 15.8 Å². The molecule has 80 valence electrons. The molecule has 0 unspecified atom stereocenters. The van der Waals surface area contributed by atoms with Gasteiger partial charge in [0.15, 0.2) is 0 Å². The lowest BCUT2D eigenvalue weighted by molar-refractivity contribution is 0.103. The van der Waals surface area contributed by atoms with Gasteiger partial charge in [0.05, 0.1) is 11.2 Å². The molecule has 0 saturated carbocycles. The lowest BCUT2D eigenvalue weighted by Crippen LogP contribution is -2.04. The van der Waals surface area contributed by atoms with E-state index in [9.17, 15) is 4.79 Å². The number of rotatable bonds is 2. The molecule has 0 bridgehead atoms. The standard InChI is InChI=1S/C11H6BrClN2O/c12-8-2-1-7(5-9(8)13)11(16)10-6-14-3-4-15-10/h1-6H. The molecule has 2 rings (SSSR count). The Morgan fingerprint density at radius 3 is 2.75 bits per heavy atom. The van der Waals surface area contributed by atoms with Crippen LogP contribution in [0.3, 0.4) is 0 Å². The van der Waals surface area contributed by atoms with Crippen LogP contribution in [-0.2, 0) is 0 Å². The summed E-state index contributed by atoms with van der Waals surface area (Å²) in [5, 5.41) is 0.495. The van der Waals surface area contributed by atoms with E-state index >= 15 is 0 Å². The zero-order valence-electron chi connectivity index (χ0n) is 8.02. The molecule has 0 aliphatic carbocycles. The lowest BCUT2D eigenvalue weighted by Gasteiger charge is -2.01. The summed E-state index contributed by atoms with van der Waals surface area (Å²) < 4.78 is 0.755. The third kappa shape index (κ3) is 2.28. The van der Waals surface area contributed by atoms with E-state index in [-0.39, 0.29) is 5.78 Å². The summed E-state index contributed by atoms with van der Waals surface area (Å²) in [6, 6.07) is 5.02. The quantitative estimate of drug-likeness (QED) is 0.800. The Bertz CT molecular complexity index is 531. The van der Waals surface area contributed by atoms with E-state index in [4.69, 9.17) is 11.6 Å². The molecule has 1 aromatic carbocycles. The van der Waals surface area contributed by atoms with Gasteiger partial charge in [0.2, 0.25) is 5.78 Å². The molecule has 2 aromatic rings. The van der Waals surface area contributed by atoms with Crippen LogP contribution >= 0.6 is 27.5 Å². The van der Waals surface area contributed by atoms with Gasteiger partial charge < -0.3 is 0 Å². The van der Waals surface area contributed by atoms with Gasteiger partial charge >= 0.3 is 0 Å². The Kier molecular flexibility index (Phi) is 3.31. The molecule has 1 aromatic heterocycles. The smallest absolute Gasteiger partial charge is 0.212 e. The Morgan fingerprint density at radius 2 is 2.12 bits per heavy atom. The molecule has 0 fully saturated rings. The van der Waals surface area contributed by atoms with Crippen LogP contribution in [0.15, 0.2) is 41.3 Å². The first-order valence-corrected chi connectivity index (χ1v) is 5.61. The van der Waals surface area contributed by atoms with Crippen LogP contribution in [0.4, 0.5) is 0 Å². The molecule has 0 N–H and O–H groups in total. The van der Waals surface area contributed by atoms with Gasteiger partial charge in [0.1, 0.15) is 5.69 Å². The molecule has 0 aliphatic rings. The van der Waals surface area contributed by atoms with Crippen molar-refractivity contribution in [3.05, 3.63) is 57.5 Å². The minimum Gasteiger partial charge on any atom is -0.287 e. The van der Waals surface area contributed by atoms with E-state index in [1.807, 2.05) is 0 Å². The normalized spacial score (nSPS) is 10.1. The molecular formula is C11H6BrClN2O. The molecule has 5 heteroatoms. The molecule has 0 spiro atoms. The van der Waals surface area contributed by atoms with Crippen molar-refractivity contribution in [2.24, 2.45) is 0 Å². The predicted molar refractivity (Wildman–Crippen MR) is 64.6 cm³/mol. The van der Waals surface area contributed by atoms with Crippen LogP contribution in [0, 0.1) is 0 Å². The van der Waals surface area contributed by atoms with Crippen molar-refractivity contribution in [3.8, 4) is 0 Å².